The van der Waals surface area contributed by atoms with Crippen molar-refractivity contribution in [1.82, 2.24) is 0 Å². The van der Waals surface area contributed by atoms with E-state index in [1.165, 1.54) is 13.8 Å². The fourth-order valence-electron chi connectivity index (χ4n) is 0.811. The molecule has 0 fully saturated rings. The van der Waals surface area contributed by atoms with Crippen molar-refractivity contribution in [2.45, 2.75) is 45.5 Å². The van der Waals surface area contributed by atoms with Gasteiger partial charge in [-0.1, -0.05) is 6.92 Å². The van der Waals surface area contributed by atoms with Crippen LogP contribution in [0.15, 0.2) is 0 Å². The van der Waals surface area contributed by atoms with E-state index in [-0.39, 0.29) is 12.7 Å². The quantitative estimate of drug-likeness (QED) is 0.469. The molecule has 0 saturated heterocycles. The summed E-state index contributed by atoms with van der Waals surface area (Å²) in [4.78, 5) is 0. The Labute approximate surface area is 91.9 Å². The lowest BCUT2D eigenvalue weighted by atomic mass is 10.2. The standard InChI is InChI=1S/C7H17NO2.C3H8O2/c1-2-7(3-4-8)10-6-5-9;1-3(2,4)5/h7,9H,2-6,8H2,1H3;4-5H,1-2H3. The third-order valence-electron chi connectivity index (χ3n) is 1.39. The third-order valence-corrected chi connectivity index (χ3v) is 1.39. The molecule has 0 aliphatic carbocycles. The van der Waals surface area contributed by atoms with E-state index < -0.39 is 5.79 Å². The SMILES string of the molecule is CC(C)(O)O.CCC(CCN)OCCO. The summed E-state index contributed by atoms with van der Waals surface area (Å²) in [6.45, 7) is 5.83. The Morgan fingerprint density at radius 1 is 1.33 bits per heavy atom. The lowest BCUT2D eigenvalue weighted by molar-refractivity contribution is -0.127. The Kier molecular flexibility index (Phi) is 11.8. The van der Waals surface area contributed by atoms with Gasteiger partial charge in [0.1, 0.15) is 0 Å². The first-order valence-corrected chi connectivity index (χ1v) is 5.22. The molecular weight excluding hydrogens is 198 g/mol. The molecule has 15 heavy (non-hydrogen) atoms. The van der Waals surface area contributed by atoms with Crippen LogP contribution < -0.4 is 5.73 Å². The average molecular weight is 223 g/mol. The summed E-state index contributed by atoms with van der Waals surface area (Å²) in [5, 5.41) is 24.6. The van der Waals surface area contributed by atoms with E-state index in [1.807, 2.05) is 0 Å². The van der Waals surface area contributed by atoms with Crippen LogP contribution >= 0.6 is 0 Å². The number of hydrogen-bond acceptors (Lipinski definition) is 5. The van der Waals surface area contributed by atoms with Crippen molar-refractivity contribution in [1.29, 1.82) is 0 Å². The second kappa shape index (κ2) is 10.3. The van der Waals surface area contributed by atoms with Crippen LogP contribution in [-0.2, 0) is 4.74 Å². The molecule has 0 rings (SSSR count). The van der Waals surface area contributed by atoms with Crippen molar-refractivity contribution in [3.63, 3.8) is 0 Å². The number of hydrogen-bond donors (Lipinski definition) is 4. The molecule has 0 amide bonds. The topological polar surface area (TPSA) is 95.9 Å². The largest absolute Gasteiger partial charge is 0.394 e. The van der Waals surface area contributed by atoms with Crippen molar-refractivity contribution in [3.05, 3.63) is 0 Å². The summed E-state index contributed by atoms with van der Waals surface area (Å²) >= 11 is 0. The van der Waals surface area contributed by atoms with Crippen molar-refractivity contribution in [2.75, 3.05) is 19.8 Å². The van der Waals surface area contributed by atoms with Gasteiger partial charge in [-0.3, -0.25) is 0 Å². The molecule has 5 nitrogen and oxygen atoms in total. The minimum atomic E-state index is -1.50. The van der Waals surface area contributed by atoms with Crippen LogP contribution in [0.2, 0.25) is 0 Å². The second-order valence-corrected chi connectivity index (χ2v) is 3.70. The van der Waals surface area contributed by atoms with Gasteiger partial charge in [-0.15, -0.1) is 0 Å². The van der Waals surface area contributed by atoms with Gasteiger partial charge < -0.3 is 25.8 Å². The van der Waals surface area contributed by atoms with Crippen molar-refractivity contribution < 1.29 is 20.1 Å². The summed E-state index contributed by atoms with van der Waals surface area (Å²) in [5.74, 6) is -1.50. The van der Waals surface area contributed by atoms with Crippen LogP contribution in [0.25, 0.3) is 0 Å². The molecule has 0 radical (unpaired) electrons. The molecule has 0 spiro atoms. The second-order valence-electron chi connectivity index (χ2n) is 3.70. The van der Waals surface area contributed by atoms with Crippen LogP contribution in [-0.4, -0.2) is 47.0 Å². The first-order valence-electron chi connectivity index (χ1n) is 5.22. The highest BCUT2D eigenvalue weighted by Crippen LogP contribution is 2.00. The lowest BCUT2D eigenvalue weighted by Gasteiger charge is -2.13. The number of rotatable bonds is 6. The number of nitrogens with two attached hydrogens (primary N) is 1. The highest BCUT2D eigenvalue weighted by molar-refractivity contribution is 4.54. The molecule has 0 aromatic rings. The Bertz CT molecular complexity index is 119. The van der Waals surface area contributed by atoms with Crippen molar-refractivity contribution >= 4 is 0 Å². The van der Waals surface area contributed by atoms with Crippen LogP contribution in [0.5, 0.6) is 0 Å². The van der Waals surface area contributed by atoms with Gasteiger partial charge in [0.2, 0.25) is 0 Å². The molecule has 1 unspecified atom stereocenters. The molecule has 0 aliphatic rings. The van der Waals surface area contributed by atoms with Crippen LogP contribution in [0.1, 0.15) is 33.6 Å². The maximum atomic E-state index is 8.42. The van der Waals surface area contributed by atoms with E-state index in [0.717, 1.165) is 12.8 Å². The predicted molar refractivity (Wildman–Crippen MR) is 59.3 cm³/mol. The molecule has 0 saturated carbocycles. The van der Waals surface area contributed by atoms with Crippen LogP contribution in [0.4, 0.5) is 0 Å². The molecular formula is C10H25NO4. The van der Waals surface area contributed by atoms with E-state index in [1.54, 1.807) is 0 Å². The Balaban J connectivity index is 0. The van der Waals surface area contributed by atoms with Gasteiger partial charge in [0.05, 0.1) is 19.3 Å². The molecule has 1 atom stereocenters. The van der Waals surface area contributed by atoms with Gasteiger partial charge in [0.15, 0.2) is 5.79 Å². The summed E-state index contributed by atoms with van der Waals surface area (Å²) in [6, 6.07) is 0. The molecule has 94 valence electrons. The van der Waals surface area contributed by atoms with Gasteiger partial charge in [-0.2, -0.15) is 0 Å². The monoisotopic (exact) mass is 223 g/mol. The summed E-state index contributed by atoms with van der Waals surface area (Å²) in [6.07, 6.45) is 2.09. The van der Waals surface area contributed by atoms with E-state index in [2.05, 4.69) is 6.92 Å². The molecule has 0 bridgehead atoms. The Morgan fingerprint density at radius 2 is 1.80 bits per heavy atom. The van der Waals surface area contributed by atoms with Gasteiger partial charge >= 0.3 is 0 Å². The number of aliphatic hydroxyl groups excluding tert-OH is 1. The van der Waals surface area contributed by atoms with E-state index in [4.69, 9.17) is 25.8 Å². The molecule has 5 heteroatoms. The van der Waals surface area contributed by atoms with Crippen LogP contribution in [0, 0.1) is 0 Å². The molecule has 0 aliphatic heterocycles. The zero-order chi connectivity index (χ0) is 12.3. The number of ether oxygens (including phenoxy) is 1. The van der Waals surface area contributed by atoms with Gasteiger partial charge in [-0.05, 0) is 33.2 Å². The first kappa shape index (κ1) is 17.2. The summed E-state index contributed by atoms with van der Waals surface area (Å²) < 4.78 is 5.25. The molecule has 0 aromatic heterocycles. The fraction of sp³-hybridized carbons (Fsp3) is 1.00. The smallest absolute Gasteiger partial charge is 0.156 e. The van der Waals surface area contributed by atoms with Crippen molar-refractivity contribution in [3.8, 4) is 0 Å². The molecule has 0 aromatic carbocycles. The van der Waals surface area contributed by atoms with E-state index in [9.17, 15) is 0 Å². The zero-order valence-corrected chi connectivity index (χ0v) is 9.94. The predicted octanol–water partition coefficient (Wildman–Crippen LogP) is -0.170. The zero-order valence-electron chi connectivity index (χ0n) is 9.94. The lowest BCUT2D eigenvalue weighted by Crippen LogP contribution is -2.18. The highest BCUT2D eigenvalue weighted by Gasteiger charge is 2.03. The summed E-state index contributed by atoms with van der Waals surface area (Å²) in [5.41, 5.74) is 5.33. The highest BCUT2D eigenvalue weighted by atomic mass is 16.5. The van der Waals surface area contributed by atoms with Crippen LogP contribution in [0.3, 0.4) is 0 Å². The summed E-state index contributed by atoms with van der Waals surface area (Å²) in [7, 11) is 0. The average Bonchev–Trinajstić information content (AvgIpc) is 2.09. The van der Waals surface area contributed by atoms with Crippen molar-refractivity contribution in [2.24, 2.45) is 5.73 Å². The minimum absolute atomic E-state index is 0.0983. The van der Waals surface area contributed by atoms with Gasteiger partial charge in [-0.25, -0.2) is 0 Å². The Morgan fingerprint density at radius 3 is 2.07 bits per heavy atom. The molecule has 5 N–H and O–H groups in total. The fourth-order valence-corrected chi connectivity index (χ4v) is 0.811. The third kappa shape index (κ3) is 24.8. The van der Waals surface area contributed by atoms with E-state index >= 15 is 0 Å². The van der Waals surface area contributed by atoms with Gasteiger partial charge in [0.25, 0.3) is 0 Å². The van der Waals surface area contributed by atoms with E-state index in [0.29, 0.717) is 13.2 Å². The Hall–Kier alpha value is -0.200. The first-order chi connectivity index (χ1) is 6.85. The van der Waals surface area contributed by atoms with Gasteiger partial charge in [0, 0.05) is 0 Å². The minimum Gasteiger partial charge on any atom is -0.394 e. The normalized spacial score (nSPS) is 13.0. The maximum Gasteiger partial charge on any atom is 0.156 e. The number of aliphatic hydroxyl groups is 3. The molecule has 0 heterocycles. The maximum absolute atomic E-state index is 8.42.